The fourth-order valence-corrected chi connectivity index (χ4v) is 2.63. The lowest BCUT2D eigenvalue weighted by Crippen LogP contribution is -2.37. The molecule has 0 spiro atoms. The molecule has 1 aromatic carbocycles. The van der Waals surface area contributed by atoms with E-state index in [1.165, 1.54) is 6.07 Å². The molecular weight excluding hydrogens is 271 g/mol. The molecule has 2 N–H and O–H groups in total. The maximum atomic E-state index is 13.3. The highest BCUT2D eigenvalue weighted by molar-refractivity contribution is 7.80. The van der Waals surface area contributed by atoms with E-state index in [0.717, 1.165) is 38.0 Å². The number of benzene rings is 1. The summed E-state index contributed by atoms with van der Waals surface area (Å²) in [6, 6.07) is 4.97. The summed E-state index contributed by atoms with van der Waals surface area (Å²) in [7, 11) is 0. The minimum absolute atomic E-state index is 0.172. The molecule has 1 heterocycles. The molecule has 2 rings (SSSR count). The molecule has 1 saturated heterocycles. The molecule has 1 aliphatic rings. The summed E-state index contributed by atoms with van der Waals surface area (Å²) in [6.07, 6.45) is 1.98. The summed E-state index contributed by atoms with van der Waals surface area (Å²) in [6.45, 7) is 2.65. The Morgan fingerprint density at radius 2 is 2.11 bits per heavy atom. The summed E-state index contributed by atoms with van der Waals surface area (Å²) in [5, 5.41) is 0.172. The van der Waals surface area contributed by atoms with Crippen LogP contribution in [0.4, 0.5) is 4.39 Å². The zero-order chi connectivity index (χ0) is 13.1. The van der Waals surface area contributed by atoms with E-state index in [4.69, 9.17) is 29.6 Å². The summed E-state index contributed by atoms with van der Waals surface area (Å²) < 4.78 is 13.3. The van der Waals surface area contributed by atoms with Gasteiger partial charge in [-0.05, 0) is 43.6 Å². The van der Waals surface area contributed by atoms with Gasteiger partial charge in [-0.1, -0.05) is 29.9 Å². The second kappa shape index (κ2) is 5.95. The van der Waals surface area contributed by atoms with Gasteiger partial charge >= 0.3 is 0 Å². The Morgan fingerprint density at radius 1 is 1.44 bits per heavy atom. The Balaban J connectivity index is 1.91. The van der Waals surface area contributed by atoms with Crippen LogP contribution in [-0.4, -0.2) is 23.0 Å². The van der Waals surface area contributed by atoms with E-state index in [1.54, 1.807) is 6.07 Å². The van der Waals surface area contributed by atoms with Crippen LogP contribution >= 0.6 is 23.8 Å². The van der Waals surface area contributed by atoms with Crippen molar-refractivity contribution in [3.8, 4) is 0 Å². The molecule has 2 nitrogen and oxygen atoms in total. The van der Waals surface area contributed by atoms with Crippen molar-refractivity contribution in [1.29, 1.82) is 0 Å². The highest BCUT2D eigenvalue weighted by atomic mass is 35.5. The zero-order valence-electron chi connectivity index (χ0n) is 10.0. The third kappa shape index (κ3) is 3.40. The van der Waals surface area contributed by atoms with Crippen LogP contribution in [0.25, 0.3) is 0 Å². The molecule has 18 heavy (non-hydrogen) atoms. The minimum Gasteiger partial charge on any atom is -0.393 e. The normalized spacial score (nSPS) is 17.9. The van der Waals surface area contributed by atoms with Crippen LogP contribution in [0.3, 0.4) is 0 Å². The van der Waals surface area contributed by atoms with Crippen molar-refractivity contribution in [3.05, 3.63) is 34.6 Å². The molecule has 0 atom stereocenters. The highest BCUT2D eigenvalue weighted by Crippen LogP contribution is 2.21. The fourth-order valence-electron chi connectivity index (χ4n) is 2.27. The Bertz CT molecular complexity index is 445. The molecule has 0 amide bonds. The smallest absolute Gasteiger partial charge is 0.142 e. The van der Waals surface area contributed by atoms with Crippen LogP contribution in [0.5, 0.6) is 0 Å². The van der Waals surface area contributed by atoms with E-state index in [0.29, 0.717) is 10.9 Å². The lowest BCUT2D eigenvalue weighted by Gasteiger charge is -2.31. The number of nitrogens with two attached hydrogens (primary N) is 1. The third-order valence-electron chi connectivity index (χ3n) is 3.38. The van der Waals surface area contributed by atoms with Gasteiger partial charge in [0, 0.05) is 12.5 Å². The van der Waals surface area contributed by atoms with Crippen molar-refractivity contribution in [2.45, 2.75) is 19.4 Å². The summed E-state index contributed by atoms with van der Waals surface area (Å²) in [5.74, 6) is 0.00499. The predicted molar refractivity (Wildman–Crippen MR) is 76.2 cm³/mol. The van der Waals surface area contributed by atoms with Crippen LogP contribution in [-0.2, 0) is 6.54 Å². The Hall–Kier alpha value is -0.710. The molecule has 0 radical (unpaired) electrons. The van der Waals surface area contributed by atoms with E-state index >= 15 is 0 Å². The zero-order valence-corrected chi connectivity index (χ0v) is 11.6. The van der Waals surface area contributed by atoms with Crippen molar-refractivity contribution in [1.82, 2.24) is 4.90 Å². The van der Waals surface area contributed by atoms with Gasteiger partial charge in [0.2, 0.25) is 0 Å². The van der Waals surface area contributed by atoms with Crippen LogP contribution in [0.15, 0.2) is 18.2 Å². The second-order valence-corrected chi connectivity index (χ2v) is 5.58. The first-order valence-electron chi connectivity index (χ1n) is 6.02. The predicted octanol–water partition coefficient (Wildman–Crippen LogP) is 2.98. The van der Waals surface area contributed by atoms with Crippen molar-refractivity contribution < 1.29 is 4.39 Å². The molecule has 1 aliphatic heterocycles. The number of piperidine rings is 1. The molecule has 1 aromatic rings. The van der Waals surface area contributed by atoms with Gasteiger partial charge in [-0.2, -0.15) is 0 Å². The van der Waals surface area contributed by atoms with Gasteiger partial charge in [-0.3, -0.25) is 4.90 Å². The average molecular weight is 287 g/mol. The number of likely N-dealkylation sites (tertiary alicyclic amines) is 1. The standard InChI is InChI=1S/C13H16ClFN2S/c14-11-2-1-9(7-12(11)15)8-17-5-3-10(4-6-17)13(16)18/h1-2,7,10H,3-6,8H2,(H2,16,18). The summed E-state index contributed by atoms with van der Waals surface area (Å²) in [4.78, 5) is 2.91. The Labute approximate surface area is 117 Å². The largest absolute Gasteiger partial charge is 0.393 e. The quantitative estimate of drug-likeness (QED) is 0.866. The van der Waals surface area contributed by atoms with Crippen LogP contribution in [0.2, 0.25) is 5.02 Å². The van der Waals surface area contributed by atoms with Crippen molar-refractivity contribution >= 4 is 28.8 Å². The topological polar surface area (TPSA) is 29.3 Å². The SMILES string of the molecule is NC(=S)C1CCN(Cc2ccc(Cl)c(F)c2)CC1. The van der Waals surface area contributed by atoms with Gasteiger partial charge in [0.1, 0.15) is 5.82 Å². The highest BCUT2D eigenvalue weighted by Gasteiger charge is 2.21. The number of hydrogen-bond acceptors (Lipinski definition) is 2. The molecule has 0 bridgehead atoms. The van der Waals surface area contributed by atoms with Crippen LogP contribution in [0, 0.1) is 11.7 Å². The molecule has 1 fully saturated rings. The van der Waals surface area contributed by atoms with Crippen molar-refractivity contribution in [2.24, 2.45) is 11.7 Å². The van der Waals surface area contributed by atoms with E-state index in [-0.39, 0.29) is 10.8 Å². The summed E-state index contributed by atoms with van der Waals surface area (Å²) >= 11 is 10.7. The number of rotatable bonds is 3. The Kier molecular flexibility index (Phi) is 4.54. The number of thiocarbonyl (C=S) groups is 1. The first kappa shape index (κ1) is 13.7. The average Bonchev–Trinajstić information content (AvgIpc) is 2.34. The van der Waals surface area contributed by atoms with Gasteiger partial charge in [-0.15, -0.1) is 0 Å². The van der Waals surface area contributed by atoms with E-state index in [1.807, 2.05) is 6.07 Å². The van der Waals surface area contributed by atoms with Gasteiger partial charge < -0.3 is 5.73 Å². The van der Waals surface area contributed by atoms with E-state index in [9.17, 15) is 4.39 Å². The van der Waals surface area contributed by atoms with Gasteiger partial charge in [-0.25, -0.2) is 4.39 Å². The molecule has 0 unspecified atom stereocenters. The first-order chi connectivity index (χ1) is 8.56. The molecule has 0 aliphatic carbocycles. The lowest BCUT2D eigenvalue weighted by atomic mass is 9.96. The minimum atomic E-state index is -0.354. The fraction of sp³-hybridized carbons (Fsp3) is 0.462. The van der Waals surface area contributed by atoms with Gasteiger partial charge in [0.25, 0.3) is 0 Å². The van der Waals surface area contributed by atoms with Gasteiger partial charge in [0.05, 0.1) is 10.0 Å². The molecule has 0 saturated carbocycles. The van der Waals surface area contributed by atoms with Crippen molar-refractivity contribution in [2.75, 3.05) is 13.1 Å². The van der Waals surface area contributed by atoms with Crippen LogP contribution < -0.4 is 5.73 Å². The molecule has 98 valence electrons. The van der Waals surface area contributed by atoms with Crippen molar-refractivity contribution in [3.63, 3.8) is 0 Å². The first-order valence-corrected chi connectivity index (χ1v) is 6.80. The molecular formula is C13H16ClFN2S. The Morgan fingerprint density at radius 3 is 2.67 bits per heavy atom. The van der Waals surface area contributed by atoms with Gasteiger partial charge in [0.15, 0.2) is 0 Å². The maximum absolute atomic E-state index is 13.3. The second-order valence-electron chi connectivity index (χ2n) is 4.70. The third-order valence-corrected chi connectivity index (χ3v) is 4.02. The molecule has 0 aromatic heterocycles. The number of nitrogens with zero attached hydrogens (tertiary/aromatic N) is 1. The maximum Gasteiger partial charge on any atom is 0.142 e. The monoisotopic (exact) mass is 286 g/mol. The van der Waals surface area contributed by atoms with Crippen LogP contribution in [0.1, 0.15) is 18.4 Å². The number of halogens is 2. The lowest BCUT2D eigenvalue weighted by molar-refractivity contribution is 0.202. The van der Waals surface area contributed by atoms with E-state index in [2.05, 4.69) is 4.90 Å². The van der Waals surface area contributed by atoms with E-state index < -0.39 is 0 Å². The molecule has 5 heteroatoms. The summed E-state index contributed by atoms with van der Waals surface area (Å²) in [5.41, 5.74) is 6.60. The number of hydrogen-bond donors (Lipinski definition) is 1.